The Morgan fingerprint density at radius 1 is 1.35 bits per heavy atom. The number of anilines is 1. The first-order valence-corrected chi connectivity index (χ1v) is 6.77. The van der Waals surface area contributed by atoms with Crippen LogP contribution in [-0.4, -0.2) is 23.9 Å². The van der Waals surface area contributed by atoms with Gasteiger partial charge in [0.2, 0.25) is 0 Å². The molecule has 4 nitrogen and oxygen atoms in total. The smallest absolute Gasteiger partial charge is 0.337 e. The maximum absolute atomic E-state index is 12.8. The van der Waals surface area contributed by atoms with Crippen LogP contribution < -0.4 is 5.32 Å². The fourth-order valence-corrected chi connectivity index (χ4v) is 1.37. The lowest BCUT2D eigenvalue weighted by atomic mass is 10.1. The van der Waals surface area contributed by atoms with Crippen LogP contribution in [0.2, 0.25) is 0 Å². The van der Waals surface area contributed by atoms with Crippen LogP contribution in [0.3, 0.4) is 0 Å². The van der Waals surface area contributed by atoms with E-state index in [9.17, 15) is 14.0 Å². The van der Waals surface area contributed by atoms with E-state index >= 15 is 0 Å². The first kappa shape index (κ1) is 18.1. The van der Waals surface area contributed by atoms with Gasteiger partial charge in [-0.2, -0.15) is 0 Å². The average molecular weight is 283 g/mol. The van der Waals surface area contributed by atoms with Crippen molar-refractivity contribution in [3.05, 3.63) is 29.6 Å². The van der Waals surface area contributed by atoms with E-state index in [1.54, 1.807) is 0 Å². The molecule has 0 heterocycles. The number of carboxylic acids is 1. The molecule has 0 spiro atoms. The number of benzene rings is 1. The maximum atomic E-state index is 12.8. The zero-order valence-electron chi connectivity index (χ0n) is 12.0. The second kappa shape index (κ2) is 11.0. The number of hydrogen-bond donors (Lipinski definition) is 2. The zero-order chi connectivity index (χ0) is 15.4. The highest BCUT2D eigenvalue weighted by Crippen LogP contribution is 2.17. The van der Waals surface area contributed by atoms with Crippen LogP contribution in [-0.2, 0) is 4.79 Å². The van der Waals surface area contributed by atoms with Crippen molar-refractivity contribution in [2.75, 3.05) is 11.9 Å². The fourth-order valence-electron chi connectivity index (χ4n) is 1.37. The van der Waals surface area contributed by atoms with Crippen molar-refractivity contribution in [3.63, 3.8) is 0 Å². The normalized spacial score (nSPS) is 9.35. The summed E-state index contributed by atoms with van der Waals surface area (Å²) < 4.78 is 12.8. The third kappa shape index (κ3) is 7.51. The van der Waals surface area contributed by atoms with Crippen molar-refractivity contribution in [1.29, 1.82) is 0 Å². The van der Waals surface area contributed by atoms with Gasteiger partial charge in [0.1, 0.15) is 12.1 Å². The summed E-state index contributed by atoms with van der Waals surface area (Å²) in [4.78, 5) is 20.2. The molecule has 1 aromatic carbocycles. The molecule has 2 N–H and O–H groups in total. The molecule has 0 aromatic heterocycles. The van der Waals surface area contributed by atoms with Crippen molar-refractivity contribution in [3.8, 4) is 0 Å². The number of nitrogens with one attached hydrogen (secondary N) is 1. The van der Waals surface area contributed by atoms with E-state index in [0.717, 1.165) is 31.6 Å². The van der Waals surface area contributed by atoms with Gasteiger partial charge in [-0.1, -0.05) is 20.3 Å². The number of carbonyl (C=O) groups is 2. The first-order valence-electron chi connectivity index (χ1n) is 6.77. The lowest BCUT2D eigenvalue weighted by Gasteiger charge is -2.08. The topological polar surface area (TPSA) is 66.4 Å². The average Bonchev–Trinajstić information content (AvgIpc) is 2.42. The van der Waals surface area contributed by atoms with E-state index in [0.29, 0.717) is 18.7 Å². The van der Waals surface area contributed by atoms with Gasteiger partial charge in [0.05, 0.1) is 5.56 Å². The largest absolute Gasteiger partial charge is 0.478 e. The zero-order valence-corrected chi connectivity index (χ0v) is 12.0. The van der Waals surface area contributed by atoms with Gasteiger partial charge in [0.25, 0.3) is 0 Å². The molecule has 0 aliphatic carbocycles. The van der Waals surface area contributed by atoms with E-state index < -0.39 is 11.8 Å². The van der Waals surface area contributed by atoms with Crippen LogP contribution >= 0.6 is 0 Å². The van der Waals surface area contributed by atoms with Gasteiger partial charge >= 0.3 is 5.97 Å². The molecule has 0 saturated heterocycles. The minimum absolute atomic E-state index is 0.0221. The van der Waals surface area contributed by atoms with Gasteiger partial charge < -0.3 is 15.2 Å². The molecule has 1 aromatic rings. The summed E-state index contributed by atoms with van der Waals surface area (Å²) in [6, 6.07) is 3.73. The number of carbonyl (C=O) groups excluding carboxylic acids is 1. The maximum Gasteiger partial charge on any atom is 0.337 e. The summed E-state index contributed by atoms with van der Waals surface area (Å²) in [6.07, 6.45) is 4.59. The molecule has 20 heavy (non-hydrogen) atoms. The Balaban J connectivity index is 0.000000621. The highest BCUT2D eigenvalue weighted by Gasteiger charge is 2.10. The lowest BCUT2D eigenvalue weighted by Crippen LogP contribution is -2.07. The van der Waals surface area contributed by atoms with Gasteiger partial charge in [0, 0.05) is 18.7 Å². The number of rotatable bonds is 7. The van der Waals surface area contributed by atoms with Crippen molar-refractivity contribution in [2.45, 2.75) is 39.5 Å². The molecule has 1 rings (SSSR count). The Hall–Kier alpha value is -1.91. The number of aromatic carboxylic acids is 1. The number of unbranched alkanes of at least 4 members (excludes halogenated alkanes) is 2. The van der Waals surface area contributed by atoms with E-state index in [4.69, 9.17) is 5.11 Å². The lowest BCUT2D eigenvalue weighted by molar-refractivity contribution is -0.107. The van der Waals surface area contributed by atoms with Crippen molar-refractivity contribution >= 4 is 17.9 Å². The molecule has 112 valence electrons. The minimum Gasteiger partial charge on any atom is -0.478 e. The predicted molar refractivity (Wildman–Crippen MR) is 77.7 cm³/mol. The molecule has 0 saturated carbocycles. The third-order valence-electron chi connectivity index (χ3n) is 2.46. The van der Waals surface area contributed by atoms with Crippen LogP contribution in [0.4, 0.5) is 10.1 Å². The molecule has 0 atom stereocenters. The van der Waals surface area contributed by atoms with Crippen LogP contribution in [0.1, 0.15) is 49.9 Å². The summed E-state index contributed by atoms with van der Waals surface area (Å²) in [6.45, 7) is 4.72. The Kier molecular flexibility index (Phi) is 9.92. The molecule has 0 aliphatic rings. The highest BCUT2D eigenvalue weighted by molar-refractivity contribution is 5.94. The van der Waals surface area contributed by atoms with Crippen LogP contribution in [0.25, 0.3) is 0 Å². The quantitative estimate of drug-likeness (QED) is 0.591. The number of aldehydes is 1. The SMILES string of the molecule is CCCC=O.CCCCNc1ccc(F)cc1C(=O)O. The Bertz CT molecular complexity index is 422. The van der Waals surface area contributed by atoms with E-state index in [-0.39, 0.29) is 5.56 Å². The molecule has 0 aliphatic heterocycles. The van der Waals surface area contributed by atoms with Crippen LogP contribution in [0.15, 0.2) is 18.2 Å². The van der Waals surface area contributed by atoms with Crippen LogP contribution in [0, 0.1) is 5.82 Å². The van der Waals surface area contributed by atoms with Crippen molar-refractivity contribution in [1.82, 2.24) is 0 Å². The highest BCUT2D eigenvalue weighted by atomic mass is 19.1. The van der Waals surface area contributed by atoms with Gasteiger partial charge in [-0.15, -0.1) is 0 Å². The number of carboxylic acid groups (broad SMARTS) is 1. The summed E-state index contributed by atoms with van der Waals surface area (Å²) in [5.74, 6) is -1.65. The summed E-state index contributed by atoms with van der Waals surface area (Å²) in [5.41, 5.74) is 0.448. The number of halogens is 1. The van der Waals surface area contributed by atoms with Crippen molar-refractivity contribution in [2.24, 2.45) is 0 Å². The van der Waals surface area contributed by atoms with Gasteiger partial charge in [-0.25, -0.2) is 9.18 Å². The second-order valence-electron chi connectivity index (χ2n) is 4.23. The molecule has 0 unspecified atom stereocenters. The Labute approximate surface area is 119 Å². The molecule has 0 radical (unpaired) electrons. The minimum atomic E-state index is -1.12. The predicted octanol–water partition coefficient (Wildman–Crippen LogP) is 3.72. The Morgan fingerprint density at radius 3 is 2.50 bits per heavy atom. The first-order chi connectivity index (χ1) is 9.56. The third-order valence-corrected chi connectivity index (χ3v) is 2.46. The van der Waals surface area contributed by atoms with E-state index in [1.165, 1.54) is 12.1 Å². The number of hydrogen-bond acceptors (Lipinski definition) is 3. The molecular formula is C15H22FNO3. The molecule has 0 amide bonds. The fraction of sp³-hybridized carbons (Fsp3) is 0.467. The van der Waals surface area contributed by atoms with Crippen molar-refractivity contribution < 1.29 is 19.1 Å². The van der Waals surface area contributed by atoms with E-state index in [2.05, 4.69) is 5.32 Å². The summed E-state index contributed by atoms with van der Waals surface area (Å²) >= 11 is 0. The van der Waals surface area contributed by atoms with Gasteiger partial charge in [0.15, 0.2) is 0 Å². The monoisotopic (exact) mass is 283 g/mol. The molecule has 0 fully saturated rings. The molecular weight excluding hydrogens is 261 g/mol. The second-order valence-corrected chi connectivity index (χ2v) is 4.23. The summed E-state index contributed by atoms with van der Waals surface area (Å²) in [5, 5.41) is 11.8. The molecule has 0 bridgehead atoms. The van der Waals surface area contributed by atoms with Gasteiger partial charge in [-0.3, -0.25) is 0 Å². The van der Waals surface area contributed by atoms with E-state index in [1.807, 2.05) is 13.8 Å². The Morgan fingerprint density at radius 2 is 2.05 bits per heavy atom. The molecule has 5 heteroatoms. The standard InChI is InChI=1S/C11H14FNO2.C4H8O/c1-2-3-6-13-10-5-4-8(12)7-9(10)11(14)15;1-2-3-4-5/h4-5,7,13H,2-3,6H2,1H3,(H,14,15);4H,2-3H2,1H3. The van der Waals surface area contributed by atoms with Gasteiger partial charge in [-0.05, 0) is 31.0 Å². The van der Waals surface area contributed by atoms with Crippen LogP contribution in [0.5, 0.6) is 0 Å². The summed E-state index contributed by atoms with van der Waals surface area (Å²) in [7, 11) is 0.